The van der Waals surface area contributed by atoms with E-state index in [1.807, 2.05) is 31.0 Å². The van der Waals surface area contributed by atoms with Gasteiger partial charge in [0.2, 0.25) is 0 Å². The van der Waals surface area contributed by atoms with Crippen LogP contribution in [0.5, 0.6) is 0 Å². The fourth-order valence-electron chi connectivity index (χ4n) is 2.08. The Labute approximate surface area is 129 Å². The van der Waals surface area contributed by atoms with Gasteiger partial charge in [0.25, 0.3) is 0 Å². The van der Waals surface area contributed by atoms with Gasteiger partial charge in [-0.1, -0.05) is 22.0 Å². The second-order valence-electron chi connectivity index (χ2n) is 4.80. The highest BCUT2D eigenvalue weighted by molar-refractivity contribution is 9.10. The Bertz CT molecular complexity index is 801. The Kier molecular flexibility index (Phi) is 3.59. The van der Waals surface area contributed by atoms with Crippen LogP contribution < -0.4 is 4.90 Å². The number of benzene rings is 1. The van der Waals surface area contributed by atoms with Crippen LogP contribution in [-0.4, -0.2) is 26.9 Å². The lowest BCUT2D eigenvalue weighted by Crippen LogP contribution is -2.19. The molecule has 0 bridgehead atoms. The number of rotatable bonds is 3. The Morgan fingerprint density at radius 3 is 2.81 bits per heavy atom. The first-order chi connectivity index (χ1) is 10.0. The summed E-state index contributed by atoms with van der Waals surface area (Å²) in [4.78, 5) is 1.98. The molecule has 108 valence electrons. The van der Waals surface area contributed by atoms with E-state index in [-0.39, 0.29) is 5.82 Å². The number of fused-ring (bicyclic) bond motifs is 1. The van der Waals surface area contributed by atoms with E-state index in [2.05, 4.69) is 31.2 Å². The first kappa shape index (κ1) is 13.9. The predicted octanol–water partition coefficient (Wildman–Crippen LogP) is 2.97. The van der Waals surface area contributed by atoms with Crippen molar-refractivity contribution in [1.29, 1.82) is 0 Å². The Balaban J connectivity index is 1.89. The van der Waals surface area contributed by atoms with E-state index in [1.54, 1.807) is 10.6 Å². The molecule has 0 atom stereocenters. The lowest BCUT2D eigenvalue weighted by atomic mass is 10.2. The maximum Gasteiger partial charge on any atom is 0.178 e. The van der Waals surface area contributed by atoms with E-state index < -0.39 is 0 Å². The van der Waals surface area contributed by atoms with Crippen LogP contribution in [0.2, 0.25) is 0 Å². The van der Waals surface area contributed by atoms with Crippen molar-refractivity contribution in [1.82, 2.24) is 19.8 Å². The molecule has 1 aromatic carbocycles. The summed E-state index contributed by atoms with van der Waals surface area (Å²) in [5.74, 6) is 1.28. The van der Waals surface area contributed by atoms with E-state index in [4.69, 9.17) is 0 Å². The summed E-state index contributed by atoms with van der Waals surface area (Å²) in [5, 5.41) is 12.5. The van der Waals surface area contributed by atoms with Crippen LogP contribution in [0.3, 0.4) is 0 Å². The Morgan fingerprint density at radius 1 is 1.24 bits per heavy atom. The van der Waals surface area contributed by atoms with Crippen LogP contribution >= 0.6 is 15.9 Å². The van der Waals surface area contributed by atoms with Gasteiger partial charge in [-0.05, 0) is 36.8 Å². The molecule has 5 nitrogen and oxygen atoms in total. The Hall–Kier alpha value is -2.02. The zero-order chi connectivity index (χ0) is 15.0. The third-order valence-corrected chi connectivity index (χ3v) is 3.96. The van der Waals surface area contributed by atoms with Gasteiger partial charge >= 0.3 is 0 Å². The molecular weight excluding hydrogens is 337 g/mol. The molecule has 2 aromatic heterocycles. The van der Waals surface area contributed by atoms with Crippen LogP contribution in [0.4, 0.5) is 10.2 Å². The third kappa shape index (κ3) is 2.73. The summed E-state index contributed by atoms with van der Waals surface area (Å²) in [6, 6.07) is 8.44. The molecule has 0 spiro atoms. The summed E-state index contributed by atoms with van der Waals surface area (Å²) in [6.07, 6.45) is 0. The van der Waals surface area contributed by atoms with Crippen LogP contribution in [0.15, 0.2) is 34.8 Å². The van der Waals surface area contributed by atoms with Gasteiger partial charge in [0.05, 0.1) is 0 Å². The molecule has 3 aromatic rings. The average Bonchev–Trinajstić information content (AvgIpc) is 2.83. The highest BCUT2D eigenvalue weighted by Crippen LogP contribution is 2.21. The Morgan fingerprint density at radius 2 is 2.05 bits per heavy atom. The van der Waals surface area contributed by atoms with Crippen molar-refractivity contribution in [3.63, 3.8) is 0 Å². The number of halogens is 2. The molecule has 2 heterocycles. The summed E-state index contributed by atoms with van der Waals surface area (Å²) < 4.78 is 15.6. The van der Waals surface area contributed by atoms with Crippen molar-refractivity contribution in [3.8, 4) is 0 Å². The monoisotopic (exact) mass is 349 g/mol. The molecule has 0 radical (unpaired) electrons. The average molecular weight is 350 g/mol. The molecule has 0 amide bonds. The maximum atomic E-state index is 13.1. The topological polar surface area (TPSA) is 46.3 Å². The van der Waals surface area contributed by atoms with Gasteiger partial charge in [-0.2, -0.15) is 4.52 Å². The largest absolute Gasteiger partial charge is 0.354 e. The van der Waals surface area contributed by atoms with Gasteiger partial charge in [-0.3, -0.25) is 0 Å². The van der Waals surface area contributed by atoms with Crippen LogP contribution in [-0.2, 0) is 6.54 Å². The standard InChI is InChI=1S/C14H13BrFN5/c1-9-17-18-13-5-6-14(19-21(9)13)20(2)8-10-3-4-11(16)7-12(10)15/h3-7H,8H2,1-2H3. The van der Waals surface area contributed by atoms with E-state index >= 15 is 0 Å². The summed E-state index contributed by atoms with van der Waals surface area (Å²) in [5.41, 5.74) is 1.70. The van der Waals surface area contributed by atoms with Gasteiger partial charge in [-0.25, -0.2) is 4.39 Å². The van der Waals surface area contributed by atoms with Crippen molar-refractivity contribution >= 4 is 27.4 Å². The number of anilines is 1. The van der Waals surface area contributed by atoms with Crippen LogP contribution in [0, 0.1) is 12.7 Å². The lowest BCUT2D eigenvalue weighted by Gasteiger charge is -2.19. The number of hydrogen-bond donors (Lipinski definition) is 0. The highest BCUT2D eigenvalue weighted by atomic mass is 79.9. The van der Waals surface area contributed by atoms with E-state index in [0.717, 1.165) is 21.7 Å². The fourth-order valence-corrected chi connectivity index (χ4v) is 2.55. The van der Waals surface area contributed by atoms with E-state index in [9.17, 15) is 4.39 Å². The number of aryl methyl sites for hydroxylation is 1. The highest BCUT2D eigenvalue weighted by Gasteiger charge is 2.10. The molecule has 0 saturated carbocycles. The van der Waals surface area contributed by atoms with Gasteiger partial charge in [0.15, 0.2) is 11.5 Å². The van der Waals surface area contributed by atoms with Crippen molar-refractivity contribution in [3.05, 3.63) is 52.0 Å². The number of nitrogens with zero attached hydrogens (tertiary/aromatic N) is 5. The first-order valence-corrected chi connectivity index (χ1v) is 7.18. The fraction of sp³-hybridized carbons (Fsp3) is 0.214. The molecule has 0 fully saturated rings. The molecule has 21 heavy (non-hydrogen) atoms. The second kappa shape index (κ2) is 5.40. The maximum absolute atomic E-state index is 13.1. The molecule has 0 saturated heterocycles. The molecule has 0 aliphatic carbocycles. The van der Waals surface area contributed by atoms with Gasteiger partial charge in [0.1, 0.15) is 11.6 Å². The minimum atomic E-state index is -0.257. The molecule has 7 heteroatoms. The first-order valence-electron chi connectivity index (χ1n) is 6.39. The van der Waals surface area contributed by atoms with Crippen LogP contribution in [0.1, 0.15) is 11.4 Å². The predicted molar refractivity (Wildman–Crippen MR) is 81.7 cm³/mol. The number of aromatic nitrogens is 4. The van der Waals surface area contributed by atoms with Crippen molar-refractivity contribution in [2.45, 2.75) is 13.5 Å². The molecular formula is C14H13BrFN5. The lowest BCUT2D eigenvalue weighted by molar-refractivity contribution is 0.625. The van der Waals surface area contributed by atoms with Gasteiger partial charge in [0, 0.05) is 18.1 Å². The molecule has 0 aliphatic heterocycles. The zero-order valence-corrected chi connectivity index (χ0v) is 13.2. The smallest absolute Gasteiger partial charge is 0.178 e. The second-order valence-corrected chi connectivity index (χ2v) is 5.65. The van der Waals surface area contributed by atoms with Gasteiger partial charge < -0.3 is 4.90 Å². The van der Waals surface area contributed by atoms with Gasteiger partial charge in [-0.15, -0.1) is 15.3 Å². The SMILES string of the molecule is Cc1nnc2ccc(N(C)Cc3ccc(F)cc3Br)nn12. The van der Waals surface area contributed by atoms with Crippen molar-refractivity contribution in [2.24, 2.45) is 0 Å². The summed E-state index contributed by atoms with van der Waals surface area (Å²) in [6.45, 7) is 2.47. The van der Waals surface area contributed by atoms with E-state index in [0.29, 0.717) is 12.2 Å². The minimum absolute atomic E-state index is 0.257. The van der Waals surface area contributed by atoms with Crippen molar-refractivity contribution < 1.29 is 4.39 Å². The normalized spacial score (nSPS) is 11.0. The quantitative estimate of drug-likeness (QED) is 0.729. The van der Waals surface area contributed by atoms with E-state index in [1.165, 1.54) is 12.1 Å². The molecule has 0 unspecified atom stereocenters. The minimum Gasteiger partial charge on any atom is -0.354 e. The molecule has 3 rings (SSSR count). The van der Waals surface area contributed by atoms with Crippen molar-refractivity contribution in [2.75, 3.05) is 11.9 Å². The zero-order valence-electron chi connectivity index (χ0n) is 11.6. The summed E-state index contributed by atoms with van der Waals surface area (Å²) in [7, 11) is 1.93. The number of hydrogen-bond acceptors (Lipinski definition) is 4. The molecule has 0 N–H and O–H groups in total. The van der Waals surface area contributed by atoms with Crippen LogP contribution in [0.25, 0.3) is 5.65 Å². The third-order valence-electron chi connectivity index (χ3n) is 3.22. The molecule has 0 aliphatic rings. The summed E-state index contributed by atoms with van der Waals surface area (Å²) >= 11 is 3.38.